The molecule has 2 aromatic heterocycles. The Balaban J connectivity index is 1.50. The van der Waals surface area contributed by atoms with Gasteiger partial charge in [0.15, 0.2) is 0 Å². The van der Waals surface area contributed by atoms with Gasteiger partial charge in [0.05, 0.1) is 23.1 Å². The number of carbonyl (C=O) groups is 1. The number of benzene rings is 3. The van der Waals surface area contributed by atoms with Crippen LogP contribution in [0.1, 0.15) is 15.9 Å². The number of imidazole rings is 1. The van der Waals surface area contributed by atoms with Crippen LogP contribution in [-0.2, 0) is 6.54 Å². The summed E-state index contributed by atoms with van der Waals surface area (Å²) in [5.74, 6) is 0.122. The Bertz CT molecular complexity index is 1450. The van der Waals surface area contributed by atoms with E-state index in [2.05, 4.69) is 10.3 Å². The molecule has 0 aliphatic rings. The van der Waals surface area contributed by atoms with Gasteiger partial charge in [-0.15, -0.1) is 0 Å². The Morgan fingerprint density at radius 1 is 0.812 bits per heavy atom. The molecule has 2 heterocycles. The molecule has 0 aliphatic carbocycles. The Morgan fingerprint density at radius 3 is 2.28 bits per heavy atom. The van der Waals surface area contributed by atoms with E-state index in [4.69, 9.17) is 0 Å². The average Bonchev–Trinajstić information content (AvgIpc) is 3.17. The maximum absolute atomic E-state index is 13.1. The van der Waals surface area contributed by atoms with Crippen LogP contribution >= 0.6 is 0 Å². The van der Waals surface area contributed by atoms with Crippen molar-refractivity contribution in [2.75, 3.05) is 5.32 Å². The third-order valence-corrected chi connectivity index (χ3v) is 5.27. The van der Waals surface area contributed by atoms with Crippen molar-refractivity contribution in [3.8, 4) is 5.69 Å². The van der Waals surface area contributed by atoms with Crippen LogP contribution in [0.25, 0.3) is 16.7 Å². The summed E-state index contributed by atoms with van der Waals surface area (Å²) < 4.78 is 3.44. The molecule has 0 bridgehead atoms. The minimum absolute atomic E-state index is 0.205. The first-order valence-electron chi connectivity index (χ1n) is 10.3. The van der Waals surface area contributed by atoms with Crippen molar-refractivity contribution >= 4 is 22.9 Å². The fraction of sp³-hybridized carbons (Fsp3) is 0.0385. The number of amides is 1. The first-order valence-corrected chi connectivity index (χ1v) is 10.3. The lowest BCUT2D eigenvalue weighted by molar-refractivity contribution is 0.102. The van der Waals surface area contributed by atoms with Crippen LogP contribution in [0, 0.1) is 0 Å². The molecule has 1 amide bonds. The number of nitrogens with one attached hydrogen (secondary N) is 1. The summed E-state index contributed by atoms with van der Waals surface area (Å²) in [5, 5.41) is 2.93. The molecule has 6 heteroatoms. The first kappa shape index (κ1) is 19.5. The maximum atomic E-state index is 13.1. The molecule has 0 radical (unpaired) electrons. The summed E-state index contributed by atoms with van der Waals surface area (Å²) >= 11 is 0. The van der Waals surface area contributed by atoms with Crippen molar-refractivity contribution in [1.82, 2.24) is 14.1 Å². The van der Waals surface area contributed by atoms with Gasteiger partial charge in [0, 0.05) is 18.0 Å². The van der Waals surface area contributed by atoms with Crippen LogP contribution in [0.4, 0.5) is 5.95 Å². The van der Waals surface area contributed by atoms with Crippen molar-refractivity contribution < 1.29 is 4.79 Å². The highest BCUT2D eigenvalue weighted by Crippen LogP contribution is 2.22. The lowest BCUT2D eigenvalue weighted by atomic mass is 10.2. The molecule has 3 aromatic carbocycles. The fourth-order valence-electron chi connectivity index (χ4n) is 3.68. The Kier molecular flexibility index (Phi) is 5.09. The van der Waals surface area contributed by atoms with Gasteiger partial charge in [-0.25, -0.2) is 4.98 Å². The number of carbonyl (C=O) groups excluding carboxylic acids is 1. The van der Waals surface area contributed by atoms with Crippen molar-refractivity contribution in [2.45, 2.75) is 6.54 Å². The van der Waals surface area contributed by atoms with E-state index in [9.17, 15) is 9.59 Å². The molecule has 6 nitrogen and oxygen atoms in total. The topological polar surface area (TPSA) is 68.9 Å². The second-order valence-electron chi connectivity index (χ2n) is 7.41. The van der Waals surface area contributed by atoms with E-state index in [1.807, 2.05) is 89.5 Å². The van der Waals surface area contributed by atoms with Crippen LogP contribution in [-0.4, -0.2) is 20.0 Å². The zero-order valence-electron chi connectivity index (χ0n) is 17.2. The van der Waals surface area contributed by atoms with Crippen LogP contribution in [0.3, 0.4) is 0 Å². The number of para-hydroxylation sites is 3. The molecule has 5 rings (SSSR count). The normalized spacial score (nSPS) is 10.9. The number of pyridine rings is 1. The van der Waals surface area contributed by atoms with Crippen LogP contribution < -0.4 is 10.9 Å². The summed E-state index contributed by atoms with van der Waals surface area (Å²) in [6, 6.07) is 29.9. The van der Waals surface area contributed by atoms with Gasteiger partial charge in [-0.3, -0.25) is 19.5 Å². The highest BCUT2D eigenvalue weighted by Gasteiger charge is 2.16. The van der Waals surface area contributed by atoms with Crippen LogP contribution in [0.15, 0.2) is 108 Å². The monoisotopic (exact) mass is 420 g/mol. The van der Waals surface area contributed by atoms with E-state index in [-0.39, 0.29) is 11.5 Å². The highest BCUT2D eigenvalue weighted by molar-refractivity contribution is 6.04. The van der Waals surface area contributed by atoms with Crippen LogP contribution in [0.5, 0.6) is 0 Å². The molecule has 1 N–H and O–H groups in total. The number of aromatic nitrogens is 3. The summed E-state index contributed by atoms with van der Waals surface area (Å²) in [4.78, 5) is 30.1. The summed E-state index contributed by atoms with van der Waals surface area (Å²) in [7, 11) is 0. The quantitative estimate of drug-likeness (QED) is 0.456. The molecule has 0 unspecified atom stereocenters. The SMILES string of the molecule is O=C(Nc1nc2ccccc2n1Cc1ccccc1)c1ccc(=O)n(-c2ccccc2)c1. The molecule has 0 fully saturated rings. The zero-order valence-corrected chi connectivity index (χ0v) is 17.2. The minimum Gasteiger partial charge on any atom is -0.305 e. The predicted octanol–water partition coefficient (Wildman–Crippen LogP) is 4.49. The second kappa shape index (κ2) is 8.35. The van der Waals surface area contributed by atoms with Crippen LogP contribution in [0.2, 0.25) is 0 Å². The lowest BCUT2D eigenvalue weighted by Crippen LogP contribution is -2.22. The summed E-state index contributed by atoms with van der Waals surface area (Å²) in [5.41, 5.74) is 3.69. The van der Waals surface area contributed by atoms with Crippen molar-refractivity contribution in [2.24, 2.45) is 0 Å². The minimum atomic E-state index is -0.334. The van der Waals surface area contributed by atoms with Gasteiger partial charge in [0.1, 0.15) is 0 Å². The molecular formula is C26H20N4O2. The number of hydrogen-bond donors (Lipinski definition) is 1. The van der Waals surface area contributed by atoms with Gasteiger partial charge >= 0.3 is 0 Å². The number of hydrogen-bond acceptors (Lipinski definition) is 3. The van der Waals surface area contributed by atoms with E-state index in [1.165, 1.54) is 16.7 Å². The Morgan fingerprint density at radius 2 is 1.50 bits per heavy atom. The van der Waals surface area contributed by atoms with Crippen molar-refractivity contribution in [3.05, 3.63) is 125 Å². The molecule has 0 aliphatic heterocycles. The molecule has 32 heavy (non-hydrogen) atoms. The maximum Gasteiger partial charge on any atom is 0.259 e. The van der Waals surface area contributed by atoms with Gasteiger partial charge in [0.25, 0.3) is 11.5 Å². The van der Waals surface area contributed by atoms with E-state index in [1.54, 1.807) is 6.20 Å². The molecular weight excluding hydrogens is 400 g/mol. The molecule has 5 aromatic rings. The fourth-order valence-corrected chi connectivity index (χ4v) is 3.68. The molecule has 0 atom stereocenters. The molecule has 0 spiro atoms. The smallest absolute Gasteiger partial charge is 0.259 e. The van der Waals surface area contributed by atoms with Gasteiger partial charge in [-0.1, -0.05) is 60.7 Å². The van der Waals surface area contributed by atoms with E-state index in [0.29, 0.717) is 23.7 Å². The van der Waals surface area contributed by atoms with Gasteiger partial charge in [-0.05, 0) is 35.9 Å². The highest BCUT2D eigenvalue weighted by atomic mass is 16.2. The average molecular weight is 420 g/mol. The molecule has 0 saturated carbocycles. The standard InChI is InChI=1S/C26H20N4O2/c31-24-16-15-20(18-29(24)21-11-5-2-6-12-21)25(32)28-26-27-22-13-7-8-14-23(22)30(26)17-19-9-3-1-4-10-19/h1-16,18H,17H2,(H,27,28,32). The first-order chi connectivity index (χ1) is 15.7. The van der Waals surface area contributed by atoms with Gasteiger partial charge in [-0.2, -0.15) is 0 Å². The van der Waals surface area contributed by atoms with Crippen molar-refractivity contribution in [1.29, 1.82) is 0 Å². The molecule has 0 saturated heterocycles. The third kappa shape index (κ3) is 3.81. The zero-order chi connectivity index (χ0) is 21.9. The molecule has 156 valence electrons. The van der Waals surface area contributed by atoms with Crippen molar-refractivity contribution in [3.63, 3.8) is 0 Å². The van der Waals surface area contributed by atoms with E-state index >= 15 is 0 Å². The second-order valence-corrected chi connectivity index (χ2v) is 7.41. The predicted molar refractivity (Wildman–Crippen MR) is 125 cm³/mol. The third-order valence-electron chi connectivity index (χ3n) is 5.27. The number of fused-ring (bicyclic) bond motifs is 1. The Labute approximate surface area is 184 Å². The van der Waals surface area contributed by atoms with E-state index < -0.39 is 0 Å². The number of anilines is 1. The number of nitrogens with zero attached hydrogens (tertiary/aromatic N) is 3. The van der Waals surface area contributed by atoms with Gasteiger partial charge < -0.3 is 4.57 Å². The number of rotatable bonds is 5. The largest absolute Gasteiger partial charge is 0.305 e. The lowest BCUT2D eigenvalue weighted by Gasteiger charge is -2.11. The Hall–Kier alpha value is -4.45. The van der Waals surface area contributed by atoms with Gasteiger partial charge in [0.2, 0.25) is 5.95 Å². The van der Waals surface area contributed by atoms with E-state index in [0.717, 1.165) is 16.6 Å². The summed E-state index contributed by atoms with van der Waals surface area (Å²) in [6.45, 7) is 0.570. The summed E-state index contributed by atoms with van der Waals surface area (Å²) in [6.07, 6.45) is 1.55.